The Morgan fingerprint density at radius 2 is 1.52 bits per heavy atom. The van der Waals surface area contributed by atoms with Gasteiger partial charge in [0, 0.05) is 49.7 Å². The summed E-state index contributed by atoms with van der Waals surface area (Å²) in [5.41, 5.74) is 2.52. The van der Waals surface area contributed by atoms with Crippen LogP contribution in [0.3, 0.4) is 0 Å². The molecule has 1 aliphatic rings. The summed E-state index contributed by atoms with van der Waals surface area (Å²) >= 11 is 0. The van der Waals surface area contributed by atoms with E-state index in [1.165, 1.54) is 7.11 Å². The molecule has 0 aliphatic carbocycles. The second-order valence-corrected chi connectivity index (χ2v) is 7.06. The van der Waals surface area contributed by atoms with E-state index in [9.17, 15) is 9.59 Å². The molecule has 1 fully saturated rings. The third kappa shape index (κ3) is 4.20. The van der Waals surface area contributed by atoms with Crippen molar-refractivity contribution in [2.24, 2.45) is 0 Å². The van der Waals surface area contributed by atoms with E-state index in [0.29, 0.717) is 54.6 Å². The highest BCUT2D eigenvalue weighted by Crippen LogP contribution is 2.28. The van der Waals surface area contributed by atoms with Gasteiger partial charge in [0.1, 0.15) is 5.69 Å². The number of aromatic nitrogens is 3. The number of carbonyl (C=O) groups is 2. The van der Waals surface area contributed by atoms with Crippen molar-refractivity contribution in [1.82, 2.24) is 25.0 Å². The number of hydrogen-bond donors (Lipinski definition) is 1. The van der Waals surface area contributed by atoms with Gasteiger partial charge in [0.2, 0.25) is 0 Å². The summed E-state index contributed by atoms with van der Waals surface area (Å²) in [7, 11) is 3.08. The number of aromatic amines is 1. The lowest BCUT2D eigenvalue weighted by molar-refractivity contribution is 0.0532. The first-order chi connectivity index (χ1) is 15.1. The molecule has 0 unspecified atom stereocenters. The van der Waals surface area contributed by atoms with Crippen LogP contribution in [0.15, 0.2) is 48.8 Å². The number of carbonyl (C=O) groups excluding carboxylic acids is 2. The Balaban J connectivity index is 1.39. The van der Waals surface area contributed by atoms with Crippen LogP contribution in [0.5, 0.6) is 11.5 Å². The van der Waals surface area contributed by atoms with Crippen molar-refractivity contribution in [2.45, 2.75) is 0 Å². The molecule has 160 valence electrons. The predicted molar refractivity (Wildman–Crippen MR) is 113 cm³/mol. The highest BCUT2D eigenvalue weighted by atomic mass is 16.5. The van der Waals surface area contributed by atoms with Gasteiger partial charge < -0.3 is 19.3 Å². The maximum absolute atomic E-state index is 12.9. The van der Waals surface area contributed by atoms with Crippen LogP contribution >= 0.6 is 0 Å². The van der Waals surface area contributed by atoms with Crippen LogP contribution in [0, 0.1) is 0 Å². The Labute approximate surface area is 179 Å². The topological polar surface area (TPSA) is 101 Å². The molecule has 1 aliphatic heterocycles. The minimum atomic E-state index is -0.133. The fourth-order valence-electron chi connectivity index (χ4n) is 3.54. The van der Waals surface area contributed by atoms with Crippen molar-refractivity contribution in [1.29, 1.82) is 0 Å². The summed E-state index contributed by atoms with van der Waals surface area (Å²) in [4.78, 5) is 33.2. The van der Waals surface area contributed by atoms with Crippen molar-refractivity contribution in [3.8, 4) is 22.8 Å². The van der Waals surface area contributed by atoms with Gasteiger partial charge in [0.05, 0.1) is 19.9 Å². The number of rotatable bonds is 5. The lowest BCUT2D eigenvalue weighted by atomic mass is 10.1. The van der Waals surface area contributed by atoms with Crippen molar-refractivity contribution in [3.05, 3.63) is 60.0 Å². The molecule has 0 radical (unpaired) electrons. The summed E-state index contributed by atoms with van der Waals surface area (Å²) in [6.45, 7) is 1.79. The first kappa shape index (κ1) is 20.4. The number of benzene rings is 1. The number of pyridine rings is 1. The zero-order valence-electron chi connectivity index (χ0n) is 17.4. The van der Waals surface area contributed by atoms with Gasteiger partial charge in [-0.25, -0.2) is 0 Å². The number of methoxy groups -OCH3 is 2. The van der Waals surface area contributed by atoms with Crippen LogP contribution in [0.4, 0.5) is 0 Å². The van der Waals surface area contributed by atoms with E-state index in [-0.39, 0.29) is 11.8 Å². The molecular weight excluding hydrogens is 398 g/mol. The number of nitrogens with one attached hydrogen (secondary N) is 1. The second-order valence-electron chi connectivity index (χ2n) is 7.06. The molecule has 31 heavy (non-hydrogen) atoms. The quantitative estimate of drug-likeness (QED) is 0.677. The van der Waals surface area contributed by atoms with E-state index in [1.807, 2.05) is 12.1 Å². The minimum Gasteiger partial charge on any atom is -0.493 e. The maximum atomic E-state index is 12.9. The highest BCUT2D eigenvalue weighted by Gasteiger charge is 2.27. The highest BCUT2D eigenvalue weighted by molar-refractivity contribution is 5.96. The number of H-pyrrole nitrogens is 1. The van der Waals surface area contributed by atoms with E-state index >= 15 is 0 Å². The van der Waals surface area contributed by atoms with Crippen molar-refractivity contribution < 1.29 is 19.1 Å². The molecule has 0 bridgehead atoms. The Bertz CT molecular complexity index is 1070. The van der Waals surface area contributed by atoms with Crippen LogP contribution in [-0.4, -0.2) is 77.2 Å². The van der Waals surface area contributed by atoms with E-state index in [4.69, 9.17) is 9.47 Å². The average Bonchev–Trinajstić information content (AvgIpc) is 3.33. The van der Waals surface area contributed by atoms with Gasteiger partial charge in [0.15, 0.2) is 11.5 Å². The molecule has 1 N–H and O–H groups in total. The normalized spacial score (nSPS) is 13.7. The molecule has 1 saturated heterocycles. The number of ether oxygens (including phenoxy) is 2. The lowest BCUT2D eigenvalue weighted by Crippen LogP contribution is -2.50. The van der Waals surface area contributed by atoms with E-state index in [0.717, 1.165) is 5.56 Å². The molecule has 0 atom stereocenters. The number of nitrogens with zero attached hydrogens (tertiary/aromatic N) is 4. The Kier molecular flexibility index (Phi) is 5.83. The standard InChI is InChI=1S/C22H23N5O4/c1-30-19-4-3-16(13-20(19)31-2)21(28)26-9-11-27(12-10-26)22(29)18-14-17(24-25-18)15-5-7-23-8-6-15/h3-8,13-14H,9-12H2,1-2H3,(H,24,25). The van der Waals surface area contributed by atoms with Gasteiger partial charge in [0.25, 0.3) is 11.8 Å². The van der Waals surface area contributed by atoms with E-state index < -0.39 is 0 Å². The molecule has 2 amide bonds. The Morgan fingerprint density at radius 3 is 2.16 bits per heavy atom. The minimum absolute atomic E-state index is 0.102. The second kappa shape index (κ2) is 8.86. The number of hydrogen-bond acceptors (Lipinski definition) is 6. The molecule has 2 aromatic heterocycles. The van der Waals surface area contributed by atoms with Gasteiger partial charge >= 0.3 is 0 Å². The smallest absolute Gasteiger partial charge is 0.272 e. The maximum Gasteiger partial charge on any atom is 0.272 e. The molecule has 1 aromatic carbocycles. The van der Waals surface area contributed by atoms with Gasteiger partial charge in [-0.15, -0.1) is 0 Å². The van der Waals surface area contributed by atoms with Gasteiger partial charge in [-0.2, -0.15) is 5.10 Å². The SMILES string of the molecule is COc1ccc(C(=O)N2CCN(C(=O)c3cc(-c4ccncc4)n[nH]3)CC2)cc1OC. The molecular formula is C22H23N5O4. The van der Waals surface area contributed by atoms with Gasteiger partial charge in [-0.05, 0) is 36.4 Å². The molecule has 3 heterocycles. The predicted octanol–water partition coefficient (Wildman–Crippen LogP) is 2.09. The van der Waals surface area contributed by atoms with Crippen LogP contribution in [0.25, 0.3) is 11.3 Å². The average molecular weight is 421 g/mol. The van der Waals surface area contributed by atoms with Crippen molar-refractivity contribution in [3.63, 3.8) is 0 Å². The fourth-order valence-corrected chi connectivity index (χ4v) is 3.54. The molecule has 3 aromatic rings. The summed E-state index contributed by atoms with van der Waals surface area (Å²) in [6, 6.07) is 10.5. The van der Waals surface area contributed by atoms with Gasteiger partial charge in [-0.3, -0.25) is 19.7 Å². The Morgan fingerprint density at radius 1 is 0.871 bits per heavy atom. The van der Waals surface area contributed by atoms with E-state index in [2.05, 4.69) is 15.2 Å². The monoisotopic (exact) mass is 421 g/mol. The van der Waals surface area contributed by atoms with Crippen LogP contribution < -0.4 is 9.47 Å². The number of piperazine rings is 1. The summed E-state index contributed by atoms with van der Waals surface area (Å²) in [5, 5.41) is 7.05. The zero-order chi connectivity index (χ0) is 21.8. The lowest BCUT2D eigenvalue weighted by Gasteiger charge is -2.34. The summed E-state index contributed by atoms with van der Waals surface area (Å²) in [6.07, 6.45) is 3.36. The van der Waals surface area contributed by atoms with Crippen LogP contribution in [0.1, 0.15) is 20.8 Å². The van der Waals surface area contributed by atoms with Crippen LogP contribution in [0.2, 0.25) is 0 Å². The van der Waals surface area contributed by atoms with E-state index in [1.54, 1.807) is 53.6 Å². The van der Waals surface area contributed by atoms with Crippen LogP contribution in [-0.2, 0) is 0 Å². The fraction of sp³-hybridized carbons (Fsp3) is 0.273. The largest absolute Gasteiger partial charge is 0.493 e. The third-order valence-corrected chi connectivity index (χ3v) is 5.27. The zero-order valence-corrected chi connectivity index (χ0v) is 17.4. The first-order valence-corrected chi connectivity index (χ1v) is 9.87. The Hall–Kier alpha value is -3.88. The third-order valence-electron chi connectivity index (χ3n) is 5.27. The first-order valence-electron chi connectivity index (χ1n) is 9.87. The molecule has 0 saturated carbocycles. The molecule has 9 heteroatoms. The molecule has 4 rings (SSSR count). The number of amides is 2. The molecule has 0 spiro atoms. The van der Waals surface area contributed by atoms with Crippen molar-refractivity contribution >= 4 is 11.8 Å². The summed E-state index contributed by atoms with van der Waals surface area (Å²) < 4.78 is 10.5. The summed E-state index contributed by atoms with van der Waals surface area (Å²) in [5.74, 6) is 0.840. The van der Waals surface area contributed by atoms with Crippen molar-refractivity contribution in [2.75, 3.05) is 40.4 Å². The van der Waals surface area contributed by atoms with Gasteiger partial charge in [-0.1, -0.05) is 0 Å². The molecule has 9 nitrogen and oxygen atoms in total.